The van der Waals surface area contributed by atoms with Gasteiger partial charge in [0.15, 0.2) is 17.5 Å². The number of ether oxygens (including phenoxy) is 1. The highest BCUT2D eigenvalue weighted by molar-refractivity contribution is 6.02. The molecule has 21 heavy (non-hydrogen) atoms. The van der Waals surface area contributed by atoms with Gasteiger partial charge in [0.2, 0.25) is 0 Å². The van der Waals surface area contributed by atoms with Crippen LogP contribution in [0.25, 0.3) is 10.9 Å². The summed E-state index contributed by atoms with van der Waals surface area (Å²) in [4.78, 5) is 24.4. The number of hydrogen-bond donors (Lipinski definition) is 1. The molecule has 5 heteroatoms. The molecule has 0 radical (unpaired) electrons. The van der Waals surface area contributed by atoms with Crippen molar-refractivity contribution in [1.82, 2.24) is 4.57 Å². The fraction of sp³-hybridized carbons (Fsp3) is 0.375. The van der Waals surface area contributed by atoms with E-state index in [2.05, 4.69) is 12.2 Å². The molecule has 2 aromatic rings. The molecule has 0 fully saturated rings. The Hall–Kier alpha value is -2.30. The first kappa shape index (κ1) is 13.7. The molecule has 0 saturated heterocycles. The van der Waals surface area contributed by atoms with Gasteiger partial charge in [0.05, 0.1) is 5.52 Å². The first-order valence-corrected chi connectivity index (χ1v) is 7.26. The van der Waals surface area contributed by atoms with Crippen LogP contribution in [0.3, 0.4) is 0 Å². The summed E-state index contributed by atoms with van der Waals surface area (Å²) in [5.74, 6) is 0.201. The summed E-state index contributed by atoms with van der Waals surface area (Å²) in [6, 6.07) is 7.64. The molecule has 1 amide bonds. The molecule has 1 atom stereocenters. The first-order chi connectivity index (χ1) is 10.1. The standard InChI is InChI=1S/C16H18N2O3/c1-3-4-9-18-12-8-6-5-7-11(12)14-13(16(18)20)17-15(19)10(2)21-14/h5-8,10H,3-4,9H2,1-2H3,(H,17,19)/t10-/m0/s1. The largest absolute Gasteiger partial charge is 0.478 e. The number of rotatable bonds is 3. The van der Waals surface area contributed by atoms with E-state index in [-0.39, 0.29) is 17.2 Å². The van der Waals surface area contributed by atoms with E-state index in [0.29, 0.717) is 12.3 Å². The van der Waals surface area contributed by atoms with Crippen molar-refractivity contribution in [2.45, 2.75) is 39.3 Å². The molecule has 110 valence electrons. The Bertz CT molecular complexity index is 764. The van der Waals surface area contributed by atoms with Crippen molar-refractivity contribution in [3.8, 4) is 5.75 Å². The zero-order valence-electron chi connectivity index (χ0n) is 12.2. The van der Waals surface area contributed by atoms with Gasteiger partial charge in [-0.3, -0.25) is 9.59 Å². The SMILES string of the molecule is CCCCn1c(=O)c2c(c3ccccc31)O[C@@H](C)C(=O)N2. The van der Waals surface area contributed by atoms with Gasteiger partial charge in [0.1, 0.15) is 0 Å². The Morgan fingerprint density at radius 3 is 2.81 bits per heavy atom. The topological polar surface area (TPSA) is 60.3 Å². The van der Waals surface area contributed by atoms with E-state index >= 15 is 0 Å². The Balaban J connectivity index is 2.29. The average molecular weight is 286 g/mol. The summed E-state index contributed by atoms with van der Waals surface area (Å²) >= 11 is 0. The molecule has 5 nitrogen and oxygen atoms in total. The summed E-state index contributed by atoms with van der Waals surface area (Å²) in [7, 11) is 0. The Kier molecular flexibility index (Phi) is 3.41. The summed E-state index contributed by atoms with van der Waals surface area (Å²) in [5.41, 5.74) is 0.906. The van der Waals surface area contributed by atoms with Crippen molar-refractivity contribution in [3.05, 3.63) is 34.6 Å². The summed E-state index contributed by atoms with van der Waals surface area (Å²) in [6.45, 7) is 4.39. The van der Waals surface area contributed by atoms with Crippen LogP contribution in [0.4, 0.5) is 5.69 Å². The van der Waals surface area contributed by atoms with Gasteiger partial charge in [-0.05, 0) is 25.5 Å². The fourth-order valence-corrected chi connectivity index (χ4v) is 2.60. The molecule has 3 rings (SSSR count). The van der Waals surface area contributed by atoms with Gasteiger partial charge in [-0.25, -0.2) is 0 Å². The molecular weight excluding hydrogens is 268 g/mol. The lowest BCUT2D eigenvalue weighted by atomic mass is 10.1. The summed E-state index contributed by atoms with van der Waals surface area (Å²) in [6.07, 6.45) is 1.32. The number of benzene rings is 1. The van der Waals surface area contributed by atoms with E-state index in [4.69, 9.17) is 4.74 Å². The number of hydrogen-bond acceptors (Lipinski definition) is 3. The van der Waals surface area contributed by atoms with Crippen LogP contribution in [-0.2, 0) is 11.3 Å². The molecule has 1 aromatic carbocycles. The van der Waals surface area contributed by atoms with Crippen molar-refractivity contribution in [3.63, 3.8) is 0 Å². The van der Waals surface area contributed by atoms with E-state index in [1.807, 2.05) is 24.3 Å². The smallest absolute Gasteiger partial charge is 0.278 e. The molecular formula is C16H18N2O3. The lowest BCUT2D eigenvalue weighted by Gasteiger charge is -2.25. The summed E-state index contributed by atoms with van der Waals surface area (Å²) in [5, 5.41) is 3.55. The Morgan fingerprint density at radius 2 is 2.05 bits per heavy atom. The van der Waals surface area contributed by atoms with Gasteiger partial charge >= 0.3 is 0 Å². The second-order valence-electron chi connectivity index (χ2n) is 5.28. The third kappa shape index (κ3) is 2.18. The second kappa shape index (κ2) is 5.24. The van der Waals surface area contributed by atoms with Crippen LogP contribution in [0, 0.1) is 0 Å². The highest BCUT2D eigenvalue weighted by atomic mass is 16.5. The monoisotopic (exact) mass is 286 g/mol. The van der Waals surface area contributed by atoms with Gasteiger partial charge < -0.3 is 14.6 Å². The van der Waals surface area contributed by atoms with Gasteiger partial charge in [-0.15, -0.1) is 0 Å². The number of carbonyl (C=O) groups excluding carboxylic acids is 1. The van der Waals surface area contributed by atoms with E-state index in [9.17, 15) is 9.59 Å². The van der Waals surface area contributed by atoms with Gasteiger partial charge in [0, 0.05) is 11.9 Å². The summed E-state index contributed by atoms with van der Waals surface area (Å²) < 4.78 is 7.39. The molecule has 0 unspecified atom stereocenters. The molecule has 0 bridgehead atoms. The predicted octanol–water partition coefficient (Wildman–Crippen LogP) is 2.52. The number of aryl methyl sites for hydroxylation is 1. The van der Waals surface area contributed by atoms with Crippen molar-refractivity contribution < 1.29 is 9.53 Å². The van der Waals surface area contributed by atoms with Gasteiger partial charge in [-0.1, -0.05) is 25.5 Å². The molecule has 0 aliphatic carbocycles. The molecule has 0 saturated carbocycles. The number of fused-ring (bicyclic) bond motifs is 3. The third-order valence-electron chi connectivity index (χ3n) is 3.77. The number of anilines is 1. The van der Waals surface area contributed by atoms with Crippen molar-refractivity contribution in [2.75, 3.05) is 5.32 Å². The number of nitrogens with zero attached hydrogens (tertiary/aromatic N) is 1. The molecule has 1 N–H and O–H groups in total. The number of carbonyl (C=O) groups is 1. The Labute approximate surface area is 122 Å². The second-order valence-corrected chi connectivity index (χ2v) is 5.28. The van der Waals surface area contributed by atoms with Crippen LogP contribution in [0.5, 0.6) is 5.75 Å². The zero-order chi connectivity index (χ0) is 15.0. The van der Waals surface area contributed by atoms with E-state index in [1.54, 1.807) is 11.5 Å². The van der Waals surface area contributed by atoms with Gasteiger partial charge in [0.25, 0.3) is 11.5 Å². The molecule has 1 aromatic heterocycles. The van der Waals surface area contributed by atoms with E-state index in [0.717, 1.165) is 23.7 Å². The molecule has 2 heterocycles. The van der Waals surface area contributed by atoms with Crippen LogP contribution in [-0.4, -0.2) is 16.6 Å². The lowest BCUT2D eigenvalue weighted by Crippen LogP contribution is -2.39. The van der Waals surface area contributed by atoms with E-state index in [1.165, 1.54) is 0 Å². The zero-order valence-corrected chi connectivity index (χ0v) is 12.2. The van der Waals surface area contributed by atoms with Crippen LogP contribution in [0.15, 0.2) is 29.1 Å². The van der Waals surface area contributed by atoms with Crippen LogP contribution in [0.1, 0.15) is 26.7 Å². The molecule has 1 aliphatic heterocycles. The normalized spacial score (nSPS) is 17.2. The minimum atomic E-state index is -0.591. The fourth-order valence-electron chi connectivity index (χ4n) is 2.60. The quantitative estimate of drug-likeness (QED) is 0.943. The highest BCUT2D eigenvalue weighted by Crippen LogP contribution is 2.34. The van der Waals surface area contributed by atoms with Crippen LogP contribution in [0.2, 0.25) is 0 Å². The number of unbranched alkanes of at least 4 members (excludes halogenated alkanes) is 1. The van der Waals surface area contributed by atoms with Crippen molar-refractivity contribution in [1.29, 1.82) is 0 Å². The predicted molar refractivity (Wildman–Crippen MR) is 81.8 cm³/mol. The minimum absolute atomic E-state index is 0.197. The average Bonchev–Trinajstić information content (AvgIpc) is 2.49. The number of aromatic nitrogens is 1. The van der Waals surface area contributed by atoms with Gasteiger partial charge in [-0.2, -0.15) is 0 Å². The highest BCUT2D eigenvalue weighted by Gasteiger charge is 2.28. The number of amides is 1. The van der Waals surface area contributed by atoms with Crippen LogP contribution >= 0.6 is 0 Å². The third-order valence-corrected chi connectivity index (χ3v) is 3.77. The number of pyridine rings is 1. The Morgan fingerprint density at radius 1 is 1.29 bits per heavy atom. The van der Waals surface area contributed by atoms with E-state index < -0.39 is 6.10 Å². The number of para-hydroxylation sites is 1. The molecule has 0 spiro atoms. The minimum Gasteiger partial charge on any atom is -0.478 e. The maximum atomic E-state index is 12.7. The first-order valence-electron chi connectivity index (χ1n) is 7.26. The lowest BCUT2D eigenvalue weighted by molar-refractivity contribution is -0.122. The van der Waals surface area contributed by atoms with Crippen molar-refractivity contribution >= 4 is 22.5 Å². The maximum Gasteiger partial charge on any atom is 0.278 e. The number of nitrogens with one attached hydrogen (secondary N) is 1. The van der Waals surface area contributed by atoms with Crippen LogP contribution < -0.4 is 15.6 Å². The molecule has 1 aliphatic rings. The maximum absolute atomic E-state index is 12.7. The van der Waals surface area contributed by atoms with Crippen molar-refractivity contribution in [2.24, 2.45) is 0 Å².